The van der Waals surface area contributed by atoms with Crippen LogP contribution >= 0.6 is 0 Å². The van der Waals surface area contributed by atoms with E-state index in [9.17, 15) is 31.1 Å². The van der Waals surface area contributed by atoms with Gasteiger partial charge in [0.05, 0.1) is 17.2 Å². The van der Waals surface area contributed by atoms with Crippen molar-refractivity contribution in [3.05, 3.63) is 34.9 Å². The highest BCUT2D eigenvalue weighted by molar-refractivity contribution is 5.71. The van der Waals surface area contributed by atoms with E-state index in [-0.39, 0.29) is 17.7 Å². The Kier molecular flexibility index (Phi) is 4.98. The zero-order valence-electron chi connectivity index (χ0n) is 13.7. The summed E-state index contributed by atoms with van der Waals surface area (Å²) in [6.45, 7) is 5.08. The van der Waals surface area contributed by atoms with Gasteiger partial charge in [-0.2, -0.15) is 26.3 Å². The average molecular weight is 369 g/mol. The maximum absolute atomic E-state index is 13.0. The molecule has 0 aliphatic carbocycles. The predicted octanol–water partition coefficient (Wildman–Crippen LogP) is 5.40. The molecule has 9 heteroatoms. The molecule has 2 unspecified atom stereocenters. The van der Waals surface area contributed by atoms with Gasteiger partial charge in [-0.25, -0.2) is 4.79 Å². The highest BCUT2D eigenvalue weighted by atomic mass is 19.4. The largest absolute Gasteiger partial charge is 0.439 e. The van der Waals surface area contributed by atoms with E-state index < -0.39 is 41.7 Å². The van der Waals surface area contributed by atoms with Crippen LogP contribution in [0.1, 0.15) is 50.0 Å². The second-order valence-corrected chi connectivity index (χ2v) is 6.12. The molecule has 1 heterocycles. The van der Waals surface area contributed by atoms with Crippen LogP contribution in [-0.2, 0) is 17.1 Å². The fourth-order valence-electron chi connectivity index (χ4n) is 2.97. The Morgan fingerprint density at radius 1 is 1.04 bits per heavy atom. The maximum atomic E-state index is 13.0. The Bertz CT molecular complexity index is 621. The Morgan fingerprint density at radius 2 is 1.52 bits per heavy atom. The smallest absolute Gasteiger partial charge is 0.416 e. The lowest BCUT2D eigenvalue weighted by Gasteiger charge is -2.27. The summed E-state index contributed by atoms with van der Waals surface area (Å²) in [6.07, 6.45) is -11.5. The zero-order valence-corrected chi connectivity index (χ0v) is 13.7. The summed E-state index contributed by atoms with van der Waals surface area (Å²) in [5.41, 5.74) is -3.16. The van der Waals surface area contributed by atoms with E-state index in [0.717, 1.165) is 0 Å². The van der Waals surface area contributed by atoms with E-state index in [4.69, 9.17) is 4.74 Å². The minimum atomic E-state index is -4.95. The number of halogens is 6. The number of hydrogen-bond acceptors (Lipinski definition) is 2. The molecule has 2 rings (SSSR count). The molecule has 1 aliphatic heterocycles. The topological polar surface area (TPSA) is 29.5 Å². The van der Waals surface area contributed by atoms with Crippen LogP contribution in [0.5, 0.6) is 0 Å². The second-order valence-electron chi connectivity index (χ2n) is 6.12. The van der Waals surface area contributed by atoms with Gasteiger partial charge in [-0.3, -0.25) is 4.90 Å². The fourth-order valence-corrected chi connectivity index (χ4v) is 2.97. The molecule has 1 saturated heterocycles. The molecule has 0 spiro atoms. The number of nitrogens with zero attached hydrogens (tertiary/aromatic N) is 1. The summed E-state index contributed by atoms with van der Waals surface area (Å²) in [7, 11) is 0. The monoisotopic (exact) mass is 369 g/mol. The van der Waals surface area contributed by atoms with Crippen molar-refractivity contribution in [3.8, 4) is 0 Å². The van der Waals surface area contributed by atoms with Gasteiger partial charge in [-0.05, 0) is 44.0 Å². The normalized spacial score (nSPS) is 21.8. The van der Waals surface area contributed by atoms with Gasteiger partial charge in [-0.15, -0.1) is 0 Å². The Morgan fingerprint density at radius 3 is 1.88 bits per heavy atom. The average Bonchev–Trinajstić information content (AvgIpc) is 2.81. The molecule has 1 amide bonds. The SMILES string of the molecule is CCC1C(c2cc(C(F)(F)F)cc(C(F)(F)F)c2)OC(=O)N1C(C)C. The van der Waals surface area contributed by atoms with Crippen molar-refractivity contribution in [2.45, 2.75) is 57.7 Å². The number of amides is 1. The van der Waals surface area contributed by atoms with Crippen molar-refractivity contribution in [2.75, 3.05) is 0 Å². The number of rotatable bonds is 3. The third-order valence-electron chi connectivity index (χ3n) is 4.06. The molecule has 25 heavy (non-hydrogen) atoms. The number of alkyl halides is 6. The van der Waals surface area contributed by atoms with E-state index in [1.54, 1.807) is 20.8 Å². The molecule has 0 N–H and O–H groups in total. The summed E-state index contributed by atoms with van der Waals surface area (Å²) in [5.74, 6) is 0. The van der Waals surface area contributed by atoms with Crippen LogP contribution < -0.4 is 0 Å². The number of carbonyl (C=O) groups excluding carboxylic acids is 1. The van der Waals surface area contributed by atoms with Gasteiger partial charge in [0.1, 0.15) is 6.10 Å². The molecule has 0 saturated carbocycles. The van der Waals surface area contributed by atoms with Crippen LogP contribution in [0.15, 0.2) is 18.2 Å². The molecule has 0 aromatic heterocycles. The number of cyclic esters (lactones) is 1. The molecule has 1 aromatic rings. The third-order valence-corrected chi connectivity index (χ3v) is 4.06. The molecular weight excluding hydrogens is 352 g/mol. The number of carbonyl (C=O) groups is 1. The van der Waals surface area contributed by atoms with Crippen LogP contribution in [0, 0.1) is 0 Å². The van der Waals surface area contributed by atoms with Gasteiger partial charge in [-0.1, -0.05) is 6.92 Å². The molecule has 1 fully saturated rings. The van der Waals surface area contributed by atoms with Gasteiger partial charge in [0.15, 0.2) is 0 Å². The summed E-state index contributed by atoms with van der Waals surface area (Å²) >= 11 is 0. The molecule has 140 valence electrons. The summed E-state index contributed by atoms with van der Waals surface area (Å²) in [4.78, 5) is 13.3. The lowest BCUT2D eigenvalue weighted by molar-refractivity contribution is -0.143. The Labute approximate surface area is 140 Å². The molecule has 1 aromatic carbocycles. The first-order chi connectivity index (χ1) is 11.4. The van der Waals surface area contributed by atoms with Crippen molar-refractivity contribution in [2.24, 2.45) is 0 Å². The highest BCUT2D eigenvalue weighted by Gasteiger charge is 2.45. The molecular formula is C16H17F6NO2. The van der Waals surface area contributed by atoms with Crippen molar-refractivity contribution in [1.82, 2.24) is 4.90 Å². The van der Waals surface area contributed by atoms with Crippen LogP contribution in [0.3, 0.4) is 0 Å². The molecule has 3 nitrogen and oxygen atoms in total. The van der Waals surface area contributed by atoms with Gasteiger partial charge >= 0.3 is 18.4 Å². The lowest BCUT2D eigenvalue weighted by Crippen LogP contribution is -2.39. The van der Waals surface area contributed by atoms with Crippen molar-refractivity contribution in [3.63, 3.8) is 0 Å². The second kappa shape index (κ2) is 6.42. The van der Waals surface area contributed by atoms with E-state index in [1.165, 1.54) is 4.90 Å². The van der Waals surface area contributed by atoms with Crippen LogP contribution in [0.2, 0.25) is 0 Å². The number of hydrogen-bond donors (Lipinski definition) is 0. The third kappa shape index (κ3) is 3.85. The highest BCUT2D eigenvalue weighted by Crippen LogP contribution is 2.41. The minimum absolute atomic E-state index is 0.0570. The first kappa shape index (κ1) is 19.4. The van der Waals surface area contributed by atoms with E-state index >= 15 is 0 Å². The van der Waals surface area contributed by atoms with E-state index in [1.807, 2.05) is 0 Å². The minimum Gasteiger partial charge on any atom is -0.439 e. The number of ether oxygens (including phenoxy) is 1. The van der Waals surface area contributed by atoms with Crippen molar-refractivity contribution < 1.29 is 35.9 Å². The maximum Gasteiger partial charge on any atom is 0.416 e. The predicted molar refractivity (Wildman–Crippen MR) is 76.7 cm³/mol. The molecule has 0 bridgehead atoms. The van der Waals surface area contributed by atoms with Gasteiger partial charge in [0.25, 0.3) is 0 Å². The van der Waals surface area contributed by atoms with Crippen LogP contribution in [0.25, 0.3) is 0 Å². The number of benzene rings is 1. The van der Waals surface area contributed by atoms with E-state index in [2.05, 4.69) is 0 Å². The van der Waals surface area contributed by atoms with Crippen molar-refractivity contribution in [1.29, 1.82) is 0 Å². The summed E-state index contributed by atoms with van der Waals surface area (Å²) < 4.78 is 83.1. The van der Waals surface area contributed by atoms with Gasteiger partial charge in [0.2, 0.25) is 0 Å². The Hall–Kier alpha value is -1.93. The molecule has 1 aliphatic rings. The van der Waals surface area contributed by atoms with Crippen LogP contribution in [-0.4, -0.2) is 23.1 Å². The quantitative estimate of drug-likeness (QED) is 0.667. The molecule has 2 atom stereocenters. The first-order valence-electron chi connectivity index (χ1n) is 7.64. The van der Waals surface area contributed by atoms with Crippen molar-refractivity contribution >= 4 is 6.09 Å². The summed E-state index contributed by atoms with van der Waals surface area (Å²) in [5, 5.41) is 0. The zero-order chi connectivity index (χ0) is 19.2. The molecule has 0 radical (unpaired) electrons. The summed E-state index contributed by atoms with van der Waals surface area (Å²) in [6, 6.07) is 0.341. The first-order valence-corrected chi connectivity index (χ1v) is 7.64. The standard InChI is InChI=1S/C16H17F6NO2/c1-4-12-13(25-14(24)23(12)8(2)3)9-5-10(15(17,18)19)7-11(6-9)16(20,21)22/h5-8,12-13H,4H2,1-3H3. The lowest BCUT2D eigenvalue weighted by atomic mass is 9.95. The van der Waals surface area contributed by atoms with E-state index in [0.29, 0.717) is 18.6 Å². The van der Waals surface area contributed by atoms with Crippen LogP contribution in [0.4, 0.5) is 31.1 Å². The van der Waals surface area contributed by atoms with Gasteiger partial charge < -0.3 is 4.74 Å². The Balaban J connectivity index is 2.56. The van der Waals surface area contributed by atoms with Gasteiger partial charge in [0, 0.05) is 6.04 Å². The fraction of sp³-hybridized carbons (Fsp3) is 0.562.